The van der Waals surface area contributed by atoms with Gasteiger partial charge in [-0.3, -0.25) is 19.1 Å². The van der Waals surface area contributed by atoms with E-state index >= 15 is 0 Å². The molecule has 0 N–H and O–H groups in total. The van der Waals surface area contributed by atoms with E-state index in [9.17, 15) is 0 Å². The van der Waals surface area contributed by atoms with Gasteiger partial charge in [-0.1, -0.05) is 219 Å². The monoisotopic (exact) mass is 964 g/mol. The summed E-state index contributed by atoms with van der Waals surface area (Å²) in [6.07, 6.45) is 2.37. The molecule has 0 atom stereocenters. The van der Waals surface area contributed by atoms with Gasteiger partial charge in [-0.25, -0.2) is 0 Å². The lowest BCUT2D eigenvalue weighted by atomic mass is 9.99. The van der Waals surface area contributed by atoms with Gasteiger partial charge in [0.1, 0.15) is 0 Å². The Morgan fingerprint density at radius 3 is 0.986 bits per heavy atom. The van der Waals surface area contributed by atoms with Gasteiger partial charge in [0.2, 0.25) is 0 Å². The van der Waals surface area contributed by atoms with Crippen LogP contribution in [-0.2, 0) is 19.6 Å². The molecule has 0 fully saturated rings. The maximum atomic E-state index is 6.35. The second-order valence-corrected chi connectivity index (χ2v) is 28.8. The Bertz CT molecular complexity index is 3150. The fraction of sp³-hybridized carbons (Fsp3) is 0.143. The predicted molar refractivity (Wildman–Crippen MR) is 303 cm³/mol. The molecule has 12 rings (SSSR count). The Morgan fingerprint density at radius 1 is 0.343 bits per heavy atom. The van der Waals surface area contributed by atoms with E-state index in [1.54, 1.807) is 0 Å². The van der Waals surface area contributed by atoms with Crippen LogP contribution in [-0.4, -0.2) is 23.4 Å². The first-order valence-electron chi connectivity index (χ1n) is 24.5. The molecule has 3 aliphatic rings. The summed E-state index contributed by atoms with van der Waals surface area (Å²) < 4.78 is 19.0. The molecule has 0 saturated carbocycles. The Morgan fingerprint density at radius 2 is 0.657 bits per heavy atom. The molecule has 3 aliphatic heterocycles. The van der Waals surface area contributed by atoms with Crippen LogP contribution in [0.25, 0.3) is 0 Å². The Balaban J connectivity index is 1.35. The Kier molecular flexibility index (Phi) is 13.0. The van der Waals surface area contributed by atoms with Crippen LogP contribution in [0.2, 0.25) is 0 Å². The zero-order chi connectivity index (χ0) is 47.4. The highest BCUT2D eigenvalue weighted by atomic mass is 31.2. The first-order chi connectivity index (χ1) is 34.3. The molecule has 8 bridgehead atoms. The molecule has 0 unspecified atom stereocenters. The average molecular weight is 965 g/mol. The van der Waals surface area contributed by atoms with E-state index in [1.165, 1.54) is 54.1 Å². The van der Waals surface area contributed by atoms with Gasteiger partial charge in [0.25, 0.3) is 0 Å². The summed E-state index contributed by atoms with van der Waals surface area (Å²) in [6.45, 7) is 7.12. The quantitative estimate of drug-likeness (QED) is 0.153. The van der Waals surface area contributed by atoms with E-state index in [4.69, 9.17) is 14.2 Å². The molecule has 4 nitrogen and oxygen atoms in total. The van der Waals surface area contributed by atoms with E-state index in [-0.39, 0.29) is 0 Å². The van der Waals surface area contributed by atoms with Crippen molar-refractivity contribution in [3.8, 4) is 0 Å². The van der Waals surface area contributed by atoms with Crippen LogP contribution in [0, 0.1) is 12.3 Å². The molecule has 9 aromatic rings. The maximum absolute atomic E-state index is 6.35. The lowest BCUT2D eigenvalue weighted by Crippen LogP contribution is -2.40. The molecule has 0 saturated heterocycles. The molecule has 0 amide bonds. The molecule has 0 spiro atoms. The smallest absolute Gasteiger partial charge is 0.0624 e. The van der Waals surface area contributed by atoms with Crippen LogP contribution in [0.1, 0.15) is 29.2 Å². The largest absolute Gasteiger partial charge is 0.291 e. The lowest BCUT2D eigenvalue weighted by molar-refractivity contribution is 0.247. The van der Waals surface area contributed by atoms with Crippen LogP contribution < -0.4 is 31.8 Å². The minimum absolute atomic E-state index is 0.470. The van der Waals surface area contributed by atoms with Gasteiger partial charge >= 0.3 is 0 Å². The number of aryl methyl sites for hydroxylation is 1. The average Bonchev–Trinajstić information content (AvgIpc) is 3.40. The SMILES string of the molecule is Cc1ccc2cc1CN1Cc3cccc(c3)N=P(c3ccccc3)(c3ccccc3)CC(C)(CP(c3ccccc3)(c3ccccc3)=Nc3cccc(c3)C1)CP(c1ccccc1)(c1ccccc1)=N2. The van der Waals surface area contributed by atoms with Gasteiger partial charge in [0.15, 0.2) is 0 Å². The second kappa shape index (κ2) is 19.8. The molecular formula is C63H59N4P3. The summed E-state index contributed by atoms with van der Waals surface area (Å²) in [4.78, 5) is 2.60. The van der Waals surface area contributed by atoms with E-state index in [1.807, 2.05) is 0 Å². The number of hydrogen-bond donors (Lipinski definition) is 0. The van der Waals surface area contributed by atoms with Gasteiger partial charge in [-0.15, -0.1) is 0 Å². The van der Waals surface area contributed by atoms with E-state index < -0.39 is 26.6 Å². The van der Waals surface area contributed by atoms with E-state index in [0.29, 0.717) is 0 Å². The minimum atomic E-state index is -2.73. The standard InChI is InChI=1S/C63H59N4P3/c1-50-39-40-56-43-53(50)46-67-44-51-23-21-25-54(41-51)64-68(57-27-9-3-10-28-57,58-29-11-4-12-30-58)47-63(2,49-70(66-56,61-35-17-7-18-36-61)62-37-19-8-20-38-62)48-69(59-31-13-5-14-32-59,60-33-15-6-16-34-60)65-55-26-22-24-52(42-55)45-67/h3-43H,44-49H2,1-2H3. The van der Waals surface area contributed by atoms with Gasteiger partial charge < -0.3 is 0 Å². The van der Waals surface area contributed by atoms with Gasteiger partial charge in [0.05, 0.1) is 17.1 Å². The van der Waals surface area contributed by atoms with E-state index in [0.717, 1.165) is 55.2 Å². The van der Waals surface area contributed by atoms with Gasteiger partial charge in [-0.05, 0) is 121 Å². The van der Waals surface area contributed by atoms with Crippen molar-refractivity contribution in [2.24, 2.45) is 19.6 Å². The topological polar surface area (TPSA) is 40.3 Å². The number of benzene rings is 9. The Labute approximate surface area is 415 Å². The predicted octanol–water partition coefficient (Wildman–Crippen LogP) is 14.7. The van der Waals surface area contributed by atoms with Crippen molar-refractivity contribution in [3.05, 3.63) is 271 Å². The molecule has 0 aliphatic carbocycles. The van der Waals surface area contributed by atoms with Crippen molar-refractivity contribution >= 4 is 70.1 Å². The van der Waals surface area contributed by atoms with Crippen molar-refractivity contribution in [2.45, 2.75) is 33.5 Å². The van der Waals surface area contributed by atoms with E-state index in [2.05, 4.69) is 267 Å². The molecule has 9 aromatic carbocycles. The van der Waals surface area contributed by atoms with Crippen molar-refractivity contribution in [2.75, 3.05) is 18.5 Å². The van der Waals surface area contributed by atoms with Crippen molar-refractivity contribution < 1.29 is 0 Å². The second-order valence-electron chi connectivity index (χ2n) is 19.5. The number of nitrogens with zero attached hydrogens (tertiary/aromatic N) is 4. The van der Waals surface area contributed by atoms with Crippen LogP contribution in [0.5, 0.6) is 0 Å². The first-order valence-corrected chi connectivity index (χ1v) is 30.3. The van der Waals surface area contributed by atoms with Gasteiger partial charge in [-0.2, -0.15) is 0 Å². The number of hydrogen-bond acceptors (Lipinski definition) is 4. The summed E-state index contributed by atoms with van der Waals surface area (Å²) in [6, 6.07) is 93.1. The highest BCUT2D eigenvalue weighted by Crippen LogP contribution is 2.65. The molecule has 70 heavy (non-hydrogen) atoms. The summed E-state index contributed by atoms with van der Waals surface area (Å²) in [7, 11) is -8.17. The fourth-order valence-electron chi connectivity index (χ4n) is 11.1. The molecule has 3 heterocycles. The van der Waals surface area contributed by atoms with Crippen molar-refractivity contribution in [3.63, 3.8) is 0 Å². The minimum Gasteiger partial charge on any atom is -0.291 e. The highest BCUT2D eigenvalue weighted by molar-refractivity contribution is 7.83. The maximum Gasteiger partial charge on any atom is 0.0624 e. The third-order valence-electron chi connectivity index (χ3n) is 14.2. The summed E-state index contributed by atoms with van der Waals surface area (Å²) in [5.41, 5.74) is 7.66. The lowest BCUT2D eigenvalue weighted by Gasteiger charge is -2.44. The summed E-state index contributed by atoms with van der Waals surface area (Å²) >= 11 is 0. The van der Waals surface area contributed by atoms with Crippen molar-refractivity contribution in [1.82, 2.24) is 4.90 Å². The number of rotatable bonds is 6. The third kappa shape index (κ3) is 9.35. The van der Waals surface area contributed by atoms with Gasteiger partial charge in [0, 0.05) is 40.8 Å². The zero-order valence-corrected chi connectivity index (χ0v) is 42.7. The molecule has 346 valence electrons. The number of fused-ring (bicyclic) bond motifs is 3. The molecular weight excluding hydrogens is 906 g/mol. The van der Waals surface area contributed by atoms with Crippen LogP contribution >= 0.6 is 21.2 Å². The third-order valence-corrected chi connectivity index (χ3v) is 26.4. The fourth-order valence-corrected chi connectivity index (χ4v) is 24.1. The summed E-state index contributed by atoms with van der Waals surface area (Å²) in [5, 5.41) is 7.66. The van der Waals surface area contributed by atoms with Crippen LogP contribution in [0.15, 0.2) is 263 Å². The molecule has 0 aromatic heterocycles. The normalized spacial score (nSPS) is 19.3. The zero-order valence-electron chi connectivity index (χ0n) is 40.0. The van der Waals surface area contributed by atoms with Crippen LogP contribution in [0.3, 0.4) is 0 Å². The highest BCUT2D eigenvalue weighted by Gasteiger charge is 2.45. The summed E-state index contributed by atoms with van der Waals surface area (Å²) in [5.74, 6) is 0. The Hall–Kier alpha value is -6.37. The molecule has 0 radical (unpaired) electrons. The molecule has 7 heteroatoms. The van der Waals surface area contributed by atoms with Crippen molar-refractivity contribution in [1.29, 1.82) is 0 Å². The van der Waals surface area contributed by atoms with Crippen LogP contribution in [0.4, 0.5) is 17.1 Å². The first kappa shape index (κ1) is 46.0.